The molecule has 0 saturated carbocycles. The van der Waals surface area contributed by atoms with Gasteiger partial charge in [-0.2, -0.15) is 58.8 Å². The van der Waals surface area contributed by atoms with Crippen LogP contribution in [0.2, 0.25) is 0 Å². The summed E-state index contributed by atoms with van der Waals surface area (Å²) in [6.07, 6.45) is 23.1. The molecule has 5 aromatic heterocycles. The van der Waals surface area contributed by atoms with Crippen molar-refractivity contribution in [3.63, 3.8) is 0 Å². The van der Waals surface area contributed by atoms with Gasteiger partial charge in [0.15, 0.2) is 0 Å². The number of H-pyrrole nitrogens is 5. The summed E-state index contributed by atoms with van der Waals surface area (Å²) in [4.78, 5) is 85.9. The Labute approximate surface area is 701 Å². The molecule has 15 atom stereocenters. The zero-order valence-electron chi connectivity index (χ0n) is 69.2. The Balaban J connectivity index is 0.000000108. The zero-order valence-corrected chi connectivity index (χ0v) is 73.3. The first-order valence-corrected chi connectivity index (χ1v) is 48.2. The molecule has 10 aromatic rings. The Kier molecular flexibility index (Phi) is 26.0. The van der Waals surface area contributed by atoms with Crippen LogP contribution in [0.25, 0.3) is 54.5 Å². The van der Waals surface area contributed by atoms with E-state index < -0.39 is 0 Å². The van der Waals surface area contributed by atoms with Gasteiger partial charge in [0.25, 0.3) is 0 Å². The first-order valence-electron chi connectivity index (χ1n) is 42.5. The average Bonchev–Trinajstić information content (AvgIpc) is 1.56. The number of carbonyl (C=O) groups excluding carboxylic acids is 5. The fourth-order valence-electron chi connectivity index (χ4n) is 22.7. The molecule has 5 aliphatic heterocycles. The van der Waals surface area contributed by atoms with Gasteiger partial charge in [-0.15, -0.1) is 0 Å². The number of rotatable bonds is 20. The minimum Gasteiger partial charge on any atom is -0.361 e. The predicted molar refractivity (Wildman–Crippen MR) is 486 cm³/mol. The largest absolute Gasteiger partial charge is 0.361 e. The van der Waals surface area contributed by atoms with Crippen LogP contribution >= 0.6 is 58.8 Å². The number of hydrogen-bond acceptors (Lipinski definition) is 15. The maximum absolute atomic E-state index is 11.2. The fourth-order valence-corrected chi connectivity index (χ4v) is 27.6. The lowest BCUT2D eigenvalue weighted by atomic mass is 9.73. The van der Waals surface area contributed by atoms with E-state index in [-0.39, 0.29) is 28.9 Å². The molecule has 0 bridgehead atoms. The molecule has 5 aliphatic carbocycles. The van der Waals surface area contributed by atoms with Crippen LogP contribution in [-0.4, -0.2) is 234 Å². The van der Waals surface area contributed by atoms with E-state index in [9.17, 15) is 24.0 Å². The van der Waals surface area contributed by atoms with Gasteiger partial charge < -0.3 is 49.4 Å². The highest BCUT2D eigenvalue weighted by molar-refractivity contribution is 8.00. The van der Waals surface area contributed by atoms with Crippen LogP contribution in [0.3, 0.4) is 0 Å². The van der Waals surface area contributed by atoms with Gasteiger partial charge in [-0.25, -0.2) is 0 Å². The van der Waals surface area contributed by atoms with E-state index in [1.807, 2.05) is 0 Å². The summed E-state index contributed by atoms with van der Waals surface area (Å²) in [6, 6.07) is 36.7. The number of piperidine rings is 5. The molecule has 15 nitrogen and oxygen atoms in total. The molecule has 610 valence electrons. The quantitative estimate of drug-likeness (QED) is 0.0486. The number of fused-ring (bicyclic) bond motifs is 10. The maximum atomic E-state index is 11.2. The average molecular weight is 1640 g/mol. The molecule has 5 aromatic carbocycles. The van der Waals surface area contributed by atoms with Crippen molar-refractivity contribution in [3.8, 4) is 0 Å². The summed E-state index contributed by atoms with van der Waals surface area (Å²) in [5.41, 5.74) is 21.5. The van der Waals surface area contributed by atoms with Crippen LogP contribution in [-0.2, 0) is 56.1 Å². The van der Waals surface area contributed by atoms with Gasteiger partial charge in [0.2, 0.25) is 0 Å². The smallest absolute Gasteiger partial charge is 0.139 e. The van der Waals surface area contributed by atoms with Gasteiger partial charge in [-0.3, -0.25) is 24.0 Å². The number of hydrogen-bond donors (Lipinski definition) is 5. The Morgan fingerprint density at radius 3 is 0.626 bits per heavy atom. The number of Topliss-reactive ketones (excluding diaryl/α,β-unsaturated/α-hetero) is 5. The van der Waals surface area contributed by atoms with Crippen molar-refractivity contribution in [2.45, 2.75) is 159 Å². The molecule has 5 saturated heterocycles. The predicted octanol–water partition coefficient (Wildman–Crippen LogP) is 17.3. The normalized spacial score (nSPS) is 27.1. The van der Waals surface area contributed by atoms with E-state index in [4.69, 9.17) is 0 Å². The lowest BCUT2D eigenvalue weighted by Crippen LogP contribution is -2.48. The second-order valence-corrected chi connectivity index (χ2v) is 41.3. The lowest BCUT2D eigenvalue weighted by Gasteiger charge is -2.45. The molecule has 20 rings (SSSR count). The lowest BCUT2D eigenvalue weighted by molar-refractivity contribution is -0.115. The molecule has 0 radical (unpaired) electrons. The van der Waals surface area contributed by atoms with Gasteiger partial charge in [0.1, 0.15) is 28.9 Å². The summed E-state index contributed by atoms with van der Waals surface area (Å²) in [6.45, 7) is 14.2. The third-order valence-electron chi connectivity index (χ3n) is 27.4. The molecule has 5 fully saturated rings. The van der Waals surface area contributed by atoms with Crippen LogP contribution in [0.15, 0.2) is 122 Å². The molecule has 5 N–H and O–H groups in total. The second-order valence-electron chi connectivity index (χ2n) is 36.1. The van der Waals surface area contributed by atoms with Crippen molar-refractivity contribution in [2.24, 2.45) is 29.6 Å². The number of thioether (sulfide) groups is 5. The van der Waals surface area contributed by atoms with Gasteiger partial charge in [-0.1, -0.05) is 60.7 Å². The SMILES string of the molecule is CC(=O)CSC[C@@H]1C[C@@H]2c3cccc4[nH]cc(c34)C[C@H]2N(C)C1.CC(=O)CSC[C@@H]1C[C@@H]2c3cccc4[nH]cc(c34)C[C@H]2N(C)C1.CC(=O)CSC[C@@H]1C[C@@H]2c3cccc4[nH]cc(c34)C[C@H]2N(C)C1.CC(=O)CSC[C@@H]1C[C@@H]2c3cccc4[nH]cc(c34)C[C@H]2N(C)C1.CC(=O)CSC[C@@H]1C[C@@H]2c3cccc4[nH]cc(c34)C[C@H]2N(C)C1. The van der Waals surface area contributed by atoms with Crippen LogP contribution < -0.4 is 0 Å². The summed E-state index contributed by atoms with van der Waals surface area (Å²) >= 11 is 9.03. The highest BCUT2D eigenvalue weighted by atomic mass is 32.2. The topological polar surface area (TPSA) is 180 Å². The third kappa shape index (κ3) is 18.0. The summed E-state index contributed by atoms with van der Waals surface area (Å²) in [5, 5.41) is 7.36. The number of likely N-dealkylation sites (tertiary alicyclic amines) is 5. The zero-order chi connectivity index (χ0) is 79.9. The Hall–Kier alpha value is -6.30. The molecule has 0 spiro atoms. The number of nitrogens with one attached hydrogen (secondary N) is 5. The molecule has 10 aliphatic rings. The minimum absolute atomic E-state index is 0.288. The van der Waals surface area contributed by atoms with Crippen LogP contribution in [0.4, 0.5) is 0 Å². The van der Waals surface area contributed by atoms with Crippen molar-refractivity contribution >= 4 is 142 Å². The fraction of sp³-hybridized carbons (Fsp3) is 0.526. The van der Waals surface area contributed by atoms with E-state index in [1.165, 1.54) is 142 Å². The van der Waals surface area contributed by atoms with Crippen LogP contribution in [0.5, 0.6) is 0 Å². The van der Waals surface area contributed by atoms with E-state index in [1.54, 1.807) is 93.4 Å². The van der Waals surface area contributed by atoms with Crippen molar-refractivity contribution in [1.82, 2.24) is 49.4 Å². The van der Waals surface area contributed by atoms with Crippen LogP contribution in [0.1, 0.15) is 152 Å². The van der Waals surface area contributed by atoms with E-state index in [0.717, 1.165) is 93.6 Å². The molecule has 20 heteroatoms. The van der Waals surface area contributed by atoms with Crippen molar-refractivity contribution < 1.29 is 24.0 Å². The van der Waals surface area contributed by atoms with Gasteiger partial charge in [-0.05, 0) is 278 Å². The maximum Gasteiger partial charge on any atom is 0.139 e. The van der Waals surface area contributed by atoms with Crippen LogP contribution in [0, 0.1) is 29.6 Å². The minimum atomic E-state index is 0.288. The standard InChI is InChI=1S/5C19H24N2OS/c5*1-12(22)10-23-11-13-6-16-15-4-3-5-17-19(15)14(8-20-17)7-18(16)21(2)9-13/h5*3-5,8,13,16,18,20H,6-7,9-11H2,1-2H3/t5*13-,16-,18-/m11111/s1. The van der Waals surface area contributed by atoms with Crippen molar-refractivity contribution in [1.29, 1.82) is 0 Å². The van der Waals surface area contributed by atoms with Gasteiger partial charge >= 0.3 is 0 Å². The summed E-state index contributed by atoms with van der Waals surface area (Å²) in [5.74, 6) is 16.8. The third-order valence-corrected chi connectivity index (χ3v) is 33.9. The molecule has 10 heterocycles. The molecule has 115 heavy (non-hydrogen) atoms. The van der Waals surface area contributed by atoms with Crippen molar-refractivity contribution in [3.05, 3.63) is 178 Å². The number of carbonyl (C=O) groups is 5. The van der Waals surface area contributed by atoms with Gasteiger partial charge in [0.05, 0.1) is 28.8 Å². The first kappa shape index (κ1) is 82.4. The number of likely N-dealkylation sites (N-methyl/N-ethyl adjacent to an activating group) is 5. The molecule has 0 unspecified atom stereocenters. The van der Waals surface area contributed by atoms with E-state index in [2.05, 4.69) is 207 Å². The number of aromatic amines is 5. The van der Waals surface area contributed by atoms with Crippen molar-refractivity contribution in [2.75, 3.05) is 125 Å². The number of nitrogens with zero attached hydrogens (tertiary/aromatic N) is 5. The van der Waals surface area contributed by atoms with Gasteiger partial charge in [0, 0.05) is 178 Å². The summed E-state index contributed by atoms with van der Waals surface area (Å²) < 4.78 is 0. The first-order chi connectivity index (χ1) is 55.7. The Morgan fingerprint density at radius 2 is 0.461 bits per heavy atom. The Morgan fingerprint density at radius 1 is 0.287 bits per heavy atom. The molecule has 0 amide bonds. The number of aromatic nitrogens is 5. The highest BCUT2D eigenvalue weighted by Crippen LogP contribution is 2.51. The Bertz CT molecular complexity index is 4420. The number of ketones is 5. The van der Waals surface area contributed by atoms with E-state index >= 15 is 0 Å². The molecular weight excluding hydrogens is 1520 g/mol. The molecular formula is C95H120N10O5S5. The second kappa shape index (κ2) is 36.3. The van der Waals surface area contributed by atoms with E-state index in [0.29, 0.717) is 118 Å². The highest BCUT2D eigenvalue weighted by Gasteiger charge is 2.45. The monoisotopic (exact) mass is 1640 g/mol. The summed E-state index contributed by atoms with van der Waals surface area (Å²) in [7, 11) is 11.4. The number of benzene rings is 5.